The molecule has 1 fully saturated rings. The van der Waals surface area contributed by atoms with Crippen LogP contribution in [0.1, 0.15) is 40.2 Å². The zero-order valence-corrected chi connectivity index (χ0v) is 24.3. The Labute approximate surface area is 245 Å². The van der Waals surface area contributed by atoms with Crippen LogP contribution in [-0.4, -0.2) is 55.6 Å². The summed E-state index contributed by atoms with van der Waals surface area (Å²) in [7, 11) is -2.34. The normalized spacial score (nSPS) is 14.2. The average molecular weight is 602 g/mol. The van der Waals surface area contributed by atoms with E-state index in [2.05, 4.69) is 9.71 Å². The number of nitrogens with zero attached hydrogens (tertiary/aromatic N) is 3. The Bertz CT molecular complexity index is 1620. The number of hydrogen-bond acceptors (Lipinski definition) is 6. The zero-order valence-electron chi connectivity index (χ0n) is 22.6. The Morgan fingerprint density at radius 3 is 2.63 bits per heavy atom. The van der Waals surface area contributed by atoms with Crippen LogP contribution in [0, 0.1) is 5.82 Å². The van der Waals surface area contributed by atoms with Gasteiger partial charge in [-0.2, -0.15) is 0 Å². The van der Waals surface area contributed by atoms with Crippen LogP contribution in [0.2, 0.25) is 0 Å². The van der Waals surface area contributed by atoms with Crippen molar-refractivity contribution in [3.63, 3.8) is 0 Å². The minimum Gasteiger partial charge on any atom is -0.383 e. The SMILES string of the molecule is COCCn1cc(C(=O)N2CCC(c3cc(CN)ccc3F)CC2)c2c(NS(=O)(=O)c3cccnc3)cccc21.Cl. The monoisotopic (exact) mass is 601 g/mol. The summed E-state index contributed by atoms with van der Waals surface area (Å²) in [5.74, 6) is -0.474. The molecule has 4 aromatic rings. The lowest BCUT2D eigenvalue weighted by Crippen LogP contribution is -2.38. The summed E-state index contributed by atoms with van der Waals surface area (Å²) in [5.41, 5.74) is 8.67. The van der Waals surface area contributed by atoms with Crippen molar-refractivity contribution in [2.45, 2.75) is 36.7 Å². The molecule has 0 aliphatic carbocycles. The van der Waals surface area contributed by atoms with Gasteiger partial charge in [-0.05, 0) is 60.2 Å². The molecule has 0 radical (unpaired) electrons. The van der Waals surface area contributed by atoms with Crippen LogP contribution in [0.4, 0.5) is 10.1 Å². The fourth-order valence-electron chi connectivity index (χ4n) is 5.28. The van der Waals surface area contributed by atoms with Crippen molar-refractivity contribution in [3.05, 3.63) is 89.6 Å². The number of fused-ring (bicyclic) bond motifs is 1. The molecule has 0 atom stereocenters. The molecule has 41 heavy (non-hydrogen) atoms. The first-order chi connectivity index (χ1) is 19.3. The lowest BCUT2D eigenvalue weighted by atomic mass is 9.88. The standard InChI is InChI=1S/C29H32FN5O4S.ClH/c1-39-15-14-35-19-24(28-26(5-2-6-27(28)35)33-40(37,38)22-4-3-11-32-18-22)29(36)34-12-9-21(10-13-34)23-16-20(17-31)7-8-25(23)30;/h2-8,11,16,18-19,21,33H,9-10,12-15,17,31H2,1H3;1H. The predicted molar refractivity (Wildman–Crippen MR) is 158 cm³/mol. The van der Waals surface area contributed by atoms with Gasteiger partial charge in [0.15, 0.2) is 0 Å². The third-order valence-corrected chi connectivity index (χ3v) is 8.73. The van der Waals surface area contributed by atoms with E-state index in [0.717, 1.165) is 5.56 Å². The zero-order chi connectivity index (χ0) is 28.3. The number of piperidine rings is 1. The van der Waals surface area contributed by atoms with Gasteiger partial charge in [0.05, 0.1) is 23.4 Å². The molecule has 1 aliphatic rings. The molecule has 12 heteroatoms. The van der Waals surface area contributed by atoms with E-state index in [4.69, 9.17) is 10.5 Å². The Hall–Kier alpha value is -3.51. The smallest absolute Gasteiger partial charge is 0.263 e. The lowest BCUT2D eigenvalue weighted by molar-refractivity contribution is 0.0714. The first-order valence-electron chi connectivity index (χ1n) is 13.1. The number of ether oxygens (including phenoxy) is 1. The van der Waals surface area contributed by atoms with Crippen molar-refractivity contribution >= 4 is 44.9 Å². The van der Waals surface area contributed by atoms with Crippen molar-refractivity contribution in [2.75, 3.05) is 31.5 Å². The molecule has 1 aliphatic heterocycles. The van der Waals surface area contributed by atoms with Gasteiger partial charge in [0.1, 0.15) is 10.7 Å². The van der Waals surface area contributed by atoms with Crippen molar-refractivity contribution in [1.29, 1.82) is 0 Å². The van der Waals surface area contributed by atoms with E-state index in [1.165, 1.54) is 24.5 Å². The molecular weight excluding hydrogens is 569 g/mol. The number of nitrogens with one attached hydrogen (secondary N) is 1. The second-order valence-electron chi connectivity index (χ2n) is 9.85. The van der Waals surface area contributed by atoms with Gasteiger partial charge in [0.25, 0.3) is 15.9 Å². The summed E-state index contributed by atoms with van der Waals surface area (Å²) in [5, 5.41) is 0.514. The summed E-state index contributed by atoms with van der Waals surface area (Å²) in [4.78, 5) is 19.6. The summed E-state index contributed by atoms with van der Waals surface area (Å²) < 4.78 is 50.7. The number of rotatable bonds is 9. The number of benzene rings is 2. The average Bonchev–Trinajstić information content (AvgIpc) is 3.36. The van der Waals surface area contributed by atoms with Crippen molar-refractivity contribution in [2.24, 2.45) is 5.73 Å². The van der Waals surface area contributed by atoms with E-state index in [1.807, 2.05) is 16.7 Å². The predicted octanol–water partition coefficient (Wildman–Crippen LogP) is 4.52. The van der Waals surface area contributed by atoms with E-state index in [9.17, 15) is 17.6 Å². The van der Waals surface area contributed by atoms with E-state index in [1.54, 1.807) is 42.5 Å². The number of pyridine rings is 1. The van der Waals surface area contributed by atoms with Gasteiger partial charge >= 0.3 is 0 Å². The molecule has 0 bridgehead atoms. The Balaban J connectivity index is 0.00000387. The highest BCUT2D eigenvalue weighted by atomic mass is 35.5. The summed E-state index contributed by atoms with van der Waals surface area (Å²) in [6, 6.07) is 13.2. The Kier molecular flexibility index (Phi) is 9.64. The summed E-state index contributed by atoms with van der Waals surface area (Å²) in [6.07, 6.45) is 5.75. The molecule has 9 nitrogen and oxygen atoms in total. The highest BCUT2D eigenvalue weighted by Crippen LogP contribution is 2.34. The number of nitrogens with two attached hydrogens (primary N) is 1. The number of amides is 1. The fourth-order valence-corrected chi connectivity index (χ4v) is 6.32. The van der Waals surface area contributed by atoms with Crippen LogP contribution < -0.4 is 10.5 Å². The molecule has 5 rings (SSSR count). The van der Waals surface area contributed by atoms with E-state index >= 15 is 0 Å². The minimum absolute atomic E-state index is 0. The number of halogens is 2. The molecule has 0 spiro atoms. The maximum absolute atomic E-state index is 14.6. The quantitative estimate of drug-likeness (QED) is 0.291. The molecule has 3 heterocycles. The van der Waals surface area contributed by atoms with Crippen molar-refractivity contribution < 1.29 is 22.3 Å². The second kappa shape index (κ2) is 13.0. The summed E-state index contributed by atoms with van der Waals surface area (Å²) >= 11 is 0. The van der Waals surface area contributed by atoms with Gasteiger partial charge < -0.3 is 19.9 Å². The van der Waals surface area contributed by atoms with Gasteiger partial charge in [-0.25, -0.2) is 12.8 Å². The molecule has 2 aromatic heterocycles. The third kappa shape index (κ3) is 6.38. The minimum atomic E-state index is -3.94. The van der Waals surface area contributed by atoms with Crippen molar-refractivity contribution in [1.82, 2.24) is 14.5 Å². The van der Waals surface area contributed by atoms with E-state index in [-0.39, 0.29) is 34.9 Å². The van der Waals surface area contributed by atoms with Crippen molar-refractivity contribution in [3.8, 4) is 0 Å². The highest BCUT2D eigenvalue weighted by Gasteiger charge is 2.29. The maximum atomic E-state index is 14.6. The van der Waals surface area contributed by atoms with Crippen LogP contribution in [0.3, 0.4) is 0 Å². The second-order valence-corrected chi connectivity index (χ2v) is 11.5. The number of anilines is 1. The Morgan fingerprint density at radius 1 is 1.17 bits per heavy atom. The third-order valence-electron chi connectivity index (χ3n) is 7.38. The Morgan fingerprint density at radius 2 is 1.95 bits per heavy atom. The molecule has 0 unspecified atom stereocenters. The molecule has 1 saturated heterocycles. The number of likely N-dealkylation sites (tertiary alicyclic amines) is 1. The largest absolute Gasteiger partial charge is 0.383 e. The number of methoxy groups -OCH3 is 1. The number of sulfonamides is 1. The first kappa shape index (κ1) is 30.4. The number of hydrogen-bond donors (Lipinski definition) is 2. The number of carbonyl (C=O) groups is 1. The maximum Gasteiger partial charge on any atom is 0.263 e. The van der Waals surface area contributed by atoms with Gasteiger partial charge in [-0.15, -0.1) is 12.4 Å². The van der Waals surface area contributed by atoms with Crippen LogP contribution in [0.15, 0.2) is 72.0 Å². The molecule has 2 aromatic carbocycles. The van der Waals surface area contributed by atoms with Gasteiger partial charge in [0.2, 0.25) is 0 Å². The van der Waals surface area contributed by atoms with Crippen LogP contribution >= 0.6 is 12.4 Å². The molecule has 1 amide bonds. The number of carbonyl (C=O) groups excluding carboxylic acids is 1. The fraction of sp³-hybridized carbons (Fsp3) is 0.310. The van der Waals surface area contributed by atoms with Crippen LogP contribution in [0.25, 0.3) is 10.9 Å². The van der Waals surface area contributed by atoms with Crippen LogP contribution in [-0.2, 0) is 27.8 Å². The molecule has 0 saturated carbocycles. The van der Waals surface area contributed by atoms with E-state index in [0.29, 0.717) is 73.3 Å². The topological polar surface area (TPSA) is 120 Å². The molecular formula is C29H33ClFN5O4S. The van der Waals surface area contributed by atoms with Gasteiger partial charge in [0, 0.05) is 57.3 Å². The number of aromatic nitrogens is 2. The van der Waals surface area contributed by atoms with Gasteiger partial charge in [-0.3, -0.25) is 14.5 Å². The van der Waals surface area contributed by atoms with Crippen LogP contribution in [0.5, 0.6) is 0 Å². The molecule has 218 valence electrons. The first-order valence-corrected chi connectivity index (χ1v) is 14.6. The van der Waals surface area contributed by atoms with E-state index < -0.39 is 10.0 Å². The highest BCUT2D eigenvalue weighted by molar-refractivity contribution is 7.92. The van der Waals surface area contributed by atoms with Gasteiger partial charge in [-0.1, -0.05) is 18.2 Å². The molecule has 3 N–H and O–H groups in total. The lowest BCUT2D eigenvalue weighted by Gasteiger charge is -2.32. The summed E-state index contributed by atoms with van der Waals surface area (Å²) in [6.45, 7) is 2.14.